The summed E-state index contributed by atoms with van der Waals surface area (Å²) in [4.78, 5) is 27.7. The zero-order valence-corrected chi connectivity index (χ0v) is 19.8. The van der Waals surface area contributed by atoms with Gasteiger partial charge in [-0.2, -0.15) is 11.8 Å². The molecular formula is C19H22Cl2N6O4S. The number of allylic oxidation sites excluding steroid dienone is 1. The van der Waals surface area contributed by atoms with Crippen LogP contribution in [-0.4, -0.2) is 40.2 Å². The molecule has 13 heteroatoms. The fraction of sp³-hybridized carbons (Fsp3) is 0.263. The Morgan fingerprint density at radius 3 is 2.03 bits per heavy atom. The topological polar surface area (TPSA) is 136 Å². The molecule has 0 aliphatic heterocycles. The van der Waals surface area contributed by atoms with E-state index in [1.54, 1.807) is 44.7 Å². The molecule has 2 aromatic rings. The second-order valence-electron chi connectivity index (χ2n) is 6.01. The lowest BCUT2D eigenvalue weighted by Gasteiger charge is -2.16. The highest BCUT2D eigenvalue weighted by Crippen LogP contribution is 2.32. The van der Waals surface area contributed by atoms with Gasteiger partial charge in [0.25, 0.3) is 12.4 Å². The van der Waals surface area contributed by atoms with Crippen LogP contribution in [0.5, 0.6) is 0 Å². The Morgan fingerprint density at radius 2 is 1.62 bits per heavy atom. The Balaban J connectivity index is 0.000000323. The van der Waals surface area contributed by atoms with Crippen LogP contribution in [0.1, 0.15) is 16.4 Å². The SMILES string of the molecule is CN/C(=C\[N+](=O)[O-])C(SC)c1ccc(Cl)nc1.CN/C(=C\[N+](=O)[O-])Cc1ccc(Cl)nc1. The number of thioether (sulfide) groups is 1. The molecule has 0 radical (unpaired) electrons. The van der Waals surface area contributed by atoms with Crippen molar-refractivity contribution in [3.63, 3.8) is 0 Å². The Kier molecular flexibility index (Phi) is 12.1. The van der Waals surface area contributed by atoms with E-state index in [1.165, 1.54) is 11.8 Å². The van der Waals surface area contributed by atoms with Crippen LogP contribution in [0.2, 0.25) is 10.3 Å². The molecule has 0 saturated carbocycles. The second-order valence-corrected chi connectivity index (χ2v) is 7.72. The number of halogens is 2. The minimum atomic E-state index is -0.491. The highest BCUT2D eigenvalue weighted by molar-refractivity contribution is 7.99. The standard InChI is InChI=1S/C10H12ClN3O2S.C9H10ClN3O2/c1-12-8(6-14(15)16)10(17-2)7-3-4-9(11)13-5-7;1-11-8(6-13(14)15)4-7-2-3-9(10)12-5-7/h3-6,10,12H,1-2H3;2-3,5-6,11H,4H2,1H3/b2*8-6-. The van der Waals surface area contributed by atoms with Crippen molar-refractivity contribution in [1.29, 1.82) is 0 Å². The summed E-state index contributed by atoms with van der Waals surface area (Å²) in [5.74, 6) is 0. The molecule has 2 heterocycles. The highest BCUT2D eigenvalue weighted by Gasteiger charge is 2.18. The molecule has 2 N–H and O–H groups in total. The molecule has 0 aliphatic rings. The molecule has 1 atom stereocenters. The summed E-state index contributed by atoms with van der Waals surface area (Å²) in [5.41, 5.74) is 2.77. The third-order valence-electron chi connectivity index (χ3n) is 3.87. The molecule has 1 unspecified atom stereocenters. The first-order chi connectivity index (χ1) is 15.2. The molecule has 2 rings (SSSR count). The lowest BCUT2D eigenvalue weighted by atomic mass is 10.1. The number of rotatable bonds is 9. The van der Waals surface area contributed by atoms with Gasteiger partial charge in [0, 0.05) is 32.9 Å². The van der Waals surface area contributed by atoms with Gasteiger partial charge in [0.15, 0.2) is 0 Å². The first-order valence-electron chi connectivity index (χ1n) is 8.99. The van der Waals surface area contributed by atoms with Gasteiger partial charge in [0.2, 0.25) is 0 Å². The van der Waals surface area contributed by atoms with Gasteiger partial charge < -0.3 is 10.6 Å². The fourth-order valence-electron chi connectivity index (χ4n) is 2.42. The van der Waals surface area contributed by atoms with Crippen molar-refractivity contribution >= 4 is 35.0 Å². The molecule has 0 aromatic carbocycles. The molecular weight excluding hydrogens is 479 g/mol. The molecule has 172 valence electrons. The lowest BCUT2D eigenvalue weighted by Crippen LogP contribution is -2.14. The Hall–Kier alpha value is -2.89. The first kappa shape index (κ1) is 27.1. The van der Waals surface area contributed by atoms with Crippen molar-refractivity contribution < 1.29 is 9.85 Å². The summed E-state index contributed by atoms with van der Waals surface area (Å²) in [6.45, 7) is 0. The summed E-state index contributed by atoms with van der Waals surface area (Å²) < 4.78 is 0. The lowest BCUT2D eigenvalue weighted by molar-refractivity contribution is -0.403. The van der Waals surface area contributed by atoms with Crippen molar-refractivity contribution in [3.8, 4) is 0 Å². The maximum Gasteiger partial charge on any atom is 0.254 e. The number of aromatic nitrogens is 2. The number of hydrogen-bond donors (Lipinski definition) is 2. The van der Waals surface area contributed by atoms with Gasteiger partial charge >= 0.3 is 0 Å². The van der Waals surface area contributed by atoms with Crippen LogP contribution < -0.4 is 10.6 Å². The quantitative estimate of drug-likeness (QED) is 0.296. The predicted molar refractivity (Wildman–Crippen MR) is 127 cm³/mol. The molecule has 10 nitrogen and oxygen atoms in total. The minimum Gasteiger partial charge on any atom is -0.386 e. The van der Waals surface area contributed by atoms with E-state index in [1.807, 2.05) is 12.3 Å². The number of hydrogen-bond acceptors (Lipinski definition) is 9. The molecule has 0 saturated heterocycles. The first-order valence-corrected chi connectivity index (χ1v) is 11.0. The molecule has 0 spiro atoms. The number of pyridine rings is 2. The van der Waals surface area contributed by atoms with Gasteiger partial charge in [-0.1, -0.05) is 35.3 Å². The number of nitro groups is 2. The zero-order chi connectivity index (χ0) is 24.1. The van der Waals surface area contributed by atoms with Gasteiger partial charge in [-0.15, -0.1) is 0 Å². The maximum atomic E-state index is 10.5. The number of nitrogens with one attached hydrogen (secondary N) is 2. The Bertz CT molecular complexity index is 955. The van der Waals surface area contributed by atoms with E-state index in [0.29, 0.717) is 28.1 Å². The molecule has 2 aromatic heterocycles. The average Bonchev–Trinajstić information content (AvgIpc) is 2.75. The summed E-state index contributed by atoms with van der Waals surface area (Å²) in [5, 5.41) is 27.0. The van der Waals surface area contributed by atoms with Crippen LogP contribution in [0.15, 0.2) is 60.5 Å². The summed E-state index contributed by atoms with van der Waals surface area (Å²) in [6, 6.07) is 6.90. The van der Waals surface area contributed by atoms with E-state index in [0.717, 1.165) is 23.5 Å². The monoisotopic (exact) mass is 500 g/mol. The van der Waals surface area contributed by atoms with Gasteiger partial charge in [0.1, 0.15) is 10.3 Å². The minimum absolute atomic E-state index is 0.157. The van der Waals surface area contributed by atoms with E-state index in [2.05, 4.69) is 20.6 Å². The van der Waals surface area contributed by atoms with Gasteiger partial charge in [-0.05, 0) is 29.5 Å². The second kappa shape index (κ2) is 14.2. The van der Waals surface area contributed by atoms with Crippen LogP contribution in [0.3, 0.4) is 0 Å². The van der Waals surface area contributed by atoms with Gasteiger partial charge in [0.05, 0.1) is 26.5 Å². The number of likely N-dealkylation sites (N-methyl/N-ethyl adjacent to an activating group) is 2. The largest absolute Gasteiger partial charge is 0.386 e. The molecule has 0 aliphatic carbocycles. The summed E-state index contributed by atoms with van der Waals surface area (Å²) in [6.07, 6.45) is 7.43. The molecule has 0 amide bonds. The van der Waals surface area contributed by atoms with E-state index < -0.39 is 9.85 Å². The molecule has 0 bridgehead atoms. The average molecular weight is 501 g/mol. The van der Waals surface area contributed by atoms with Crippen LogP contribution in [0.25, 0.3) is 0 Å². The highest BCUT2D eigenvalue weighted by atomic mass is 35.5. The molecule has 0 fully saturated rings. The predicted octanol–water partition coefficient (Wildman–Crippen LogP) is 4.09. The van der Waals surface area contributed by atoms with Gasteiger partial charge in [-0.3, -0.25) is 20.2 Å². The fourth-order valence-corrected chi connectivity index (χ4v) is 3.49. The van der Waals surface area contributed by atoms with Crippen molar-refractivity contribution in [1.82, 2.24) is 20.6 Å². The van der Waals surface area contributed by atoms with E-state index >= 15 is 0 Å². The maximum absolute atomic E-state index is 10.5. The zero-order valence-electron chi connectivity index (χ0n) is 17.5. The Labute approximate surface area is 199 Å². The Morgan fingerprint density at radius 1 is 1.03 bits per heavy atom. The van der Waals surface area contributed by atoms with Crippen molar-refractivity contribution in [2.45, 2.75) is 11.7 Å². The van der Waals surface area contributed by atoms with Crippen LogP contribution in [0, 0.1) is 20.2 Å². The van der Waals surface area contributed by atoms with E-state index in [9.17, 15) is 20.2 Å². The number of nitrogens with zero attached hydrogens (tertiary/aromatic N) is 4. The van der Waals surface area contributed by atoms with Crippen LogP contribution in [0.4, 0.5) is 0 Å². The van der Waals surface area contributed by atoms with Crippen molar-refractivity contribution in [3.05, 3.63) is 102 Å². The van der Waals surface area contributed by atoms with E-state index in [4.69, 9.17) is 23.2 Å². The molecule has 32 heavy (non-hydrogen) atoms. The van der Waals surface area contributed by atoms with E-state index in [-0.39, 0.29) is 5.25 Å². The summed E-state index contributed by atoms with van der Waals surface area (Å²) in [7, 11) is 3.29. The van der Waals surface area contributed by atoms with Crippen molar-refractivity contribution in [2.24, 2.45) is 0 Å². The van der Waals surface area contributed by atoms with Crippen LogP contribution in [-0.2, 0) is 6.42 Å². The smallest absolute Gasteiger partial charge is 0.254 e. The third-order valence-corrected chi connectivity index (χ3v) is 5.31. The normalized spacial score (nSPS) is 12.3. The third kappa shape index (κ3) is 9.94. The van der Waals surface area contributed by atoms with Gasteiger partial charge in [-0.25, -0.2) is 9.97 Å². The van der Waals surface area contributed by atoms with Crippen LogP contribution >= 0.6 is 35.0 Å². The van der Waals surface area contributed by atoms with Crippen molar-refractivity contribution in [2.75, 3.05) is 20.4 Å². The summed E-state index contributed by atoms with van der Waals surface area (Å²) >= 11 is 12.8.